The molecule has 1 unspecified atom stereocenters. The van der Waals surface area contributed by atoms with Crippen LogP contribution in [-0.2, 0) is 15.0 Å². The minimum atomic E-state index is -0.515. The summed E-state index contributed by atoms with van der Waals surface area (Å²) in [6.07, 6.45) is 2.40. The molecule has 1 aromatic carbocycles. The Bertz CT molecular complexity index is 994. The summed E-state index contributed by atoms with van der Waals surface area (Å²) >= 11 is 1.37. The molecule has 158 valence electrons. The monoisotopic (exact) mass is 426 g/mol. The quantitative estimate of drug-likeness (QED) is 0.815. The van der Waals surface area contributed by atoms with Crippen LogP contribution < -0.4 is 10.2 Å². The molecule has 2 aliphatic heterocycles. The topological polar surface area (TPSA) is 82.6 Å². The fourth-order valence-corrected chi connectivity index (χ4v) is 4.87. The highest BCUT2D eigenvalue weighted by atomic mass is 32.1. The Hall–Kier alpha value is -2.74. The van der Waals surface area contributed by atoms with Crippen molar-refractivity contribution in [3.05, 3.63) is 40.9 Å². The Morgan fingerprint density at radius 3 is 2.73 bits per heavy atom. The molecule has 0 spiro atoms. The van der Waals surface area contributed by atoms with E-state index in [1.54, 1.807) is 29.2 Å². The average molecular weight is 427 g/mol. The van der Waals surface area contributed by atoms with Crippen molar-refractivity contribution in [1.29, 1.82) is 0 Å². The molecule has 2 aromatic rings. The maximum Gasteiger partial charge on any atom is 0.256 e. The summed E-state index contributed by atoms with van der Waals surface area (Å²) in [5.41, 5.74) is 1.76. The van der Waals surface area contributed by atoms with E-state index in [1.165, 1.54) is 16.2 Å². The molecule has 8 heteroatoms. The van der Waals surface area contributed by atoms with Crippen molar-refractivity contribution in [2.75, 3.05) is 23.3 Å². The van der Waals surface area contributed by atoms with Gasteiger partial charge in [0.1, 0.15) is 12.6 Å². The lowest BCUT2D eigenvalue weighted by atomic mass is 9.93. The number of hydrogen-bond acceptors (Lipinski definition) is 5. The van der Waals surface area contributed by atoms with E-state index in [0.717, 1.165) is 18.5 Å². The van der Waals surface area contributed by atoms with E-state index in [-0.39, 0.29) is 29.7 Å². The zero-order valence-corrected chi connectivity index (χ0v) is 18.3. The van der Waals surface area contributed by atoms with Crippen molar-refractivity contribution in [2.24, 2.45) is 0 Å². The van der Waals surface area contributed by atoms with E-state index >= 15 is 0 Å². The summed E-state index contributed by atoms with van der Waals surface area (Å²) in [6, 6.07) is 6.51. The molecule has 7 nitrogen and oxygen atoms in total. The minimum Gasteiger partial charge on any atom is -0.327 e. The normalized spacial score (nSPS) is 19.2. The highest BCUT2D eigenvalue weighted by molar-refractivity contribution is 7.14. The van der Waals surface area contributed by atoms with Crippen LogP contribution in [0.1, 0.15) is 56.1 Å². The zero-order chi connectivity index (χ0) is 21.5. The van der Waals surface area contributed by atoms with Gasteiger partial charge in [-0.1, -0.05) is 32.9 Å². The number of para-hydroxylation sites is 1. The highest BCUT2D eigenvalue weighted by Gasteiger charge is 2.41. The molecule has 1 aromatic heterocycles. The van der Waals surface area contributed by atoms with Crippen molar-refractivity contribution in [2.45, 2.75) is 51.5 Å². The van der Waals surface area contributed by atoms with E-state index in [2.05, 4.69) is 31.1 Å². The number of carbonyl (C=O) groups is 3. The second kappa shape index (κ2) is 7.83. The van der Waals surface area contributed by atoms with Crippen LogP contribution in [0.15, 0.2) is 29.6 Å². The van der Waals surface area contributed by atoms with Gasteiger partial charge in [0.15, 0.2) is 5.13 Å². The number of thiazole rings is 1. The van der Waals surface area contributed by atoms with E-state index in [1.807, 2.05) is 5.38 Å². The number of amides is 3. The predicted molar refractivity (Wildman–Crippen MR) is 117 cm³/mol. The summed E-state index contributed by atoms with van der Waals surface area (Å²) in [5, 5.41) is 5.25. The number of piperidine rings is 1. The fourth-order valence-electron chi connectivity index (χ4n) is 3.92. The number of rotatable bonds is 3. The number of carbonyl (C=O) groups excluding carboxylic acids is 3. The fraction of sp³-hybridized carbons (Fsp3) is 0.455. The van der Waals surface area contributed by atoms with Gasteiger partial charge in [0.2, 0.25) is 11.8 Å². The van der Waals surface area contributed by atoms with Crippen LogP contribution in [0, 0.1) is 0 Å². The van der Waals surface area contributed by atoms with Gasteiger partial charge in [0.25, 0.3) is 5.91 Å². The van der Waals surface area contributed by atoms with Gasteiger partial charge in [-0.15, -0.1) is 11.3 Å². The van der Waals surface area contributed by atoms with Gasteiger partial charge in [0, 0.05) is 17.3 Å². The van der Waals surface area contributed by atoms with Crippen LogP contribution in [0.2, 0.25) is 0 Å². The van der Waals surface area contributed by atoms with Crippen LogP contribution in [0.25, 0.3) is 0 Å². The van der Waals surface area contributed by atoms with Gasteiger partial charge >= 0.3 is 0 Å². The molecule has 0 radical (unpaired) electrons. The summed E-state index contributed by atoms with van der Waals surface area (Å²) < 4.78 is 0. The Kier molecular flexibility index (Phi) is 5.36. The second-order valence-electron chi connectivity index (χ2n) is 8.79. The first-order chi connectivity index (χ1) is 14.3. The van der Waals surface area contributed by atoms with Crippen LogP contribution in [0.5, 0.6) is 0 Å². The molecular weight excluding hydrogens is 400 g/mol. The van der Waals surface area contributed by atoms with Gasteiger partial charge in [-0.05, 0) is 31.4 Å². The van der Waals surface area contributed by atoms with Crippen molar-refractivity contribution >= 4 is 39.9 Å². The number of anilines is 2. The molecule has 1 saturated heterocycles. The summed E-state index contributed by atoms with van der Waals surface area (Å²) in [6.45, 7) is 6.60. The number of hydrogen-bond donors (Lipinski definition) is 1. The lowest BCUT2D eigenvalue weighted by Gasteiger charge is -2.34. The molecular formula is C22H26N4O3S. The van der Waals surface area contributed by atoms with Crippen LogP contribution in [0.4, 0.5) is 10.8 Å². The molecule has 1 atom stereocenters. The van der Waals surface area contributed by atoms with Crippen molar-refractivity contribution in [3.63, 3.8) is 0 Å². The second-order valence-corrected chi connectivity index (χ2v) is 9.65. The van der Waals surface area contributed by atoms with Gasteiger partial charge in [-0.2, -0.15) is 0 Å². The Morgan fingerprint density at radius 1 is 1.23 bits per heavy atom. The van der Waals surface area contributed by atoms with Gasteiger partial charge in [-0.25, -0.2) is 4.98 Å². The number of aromatic nitrogens is 1. The van der Waals surface area contributed by atoms with Crippen molar-refractivity contribution < 1.29 is 14.4 Å². The summed E-state index contributed by atoms with van der Waals surface area (Å²) in [5.74, 6) is -0.663. The maximum absolute atomic E-state index is 13.4. The standard InChI is InChI=1S/C22H26N4O3S/c1-22(2,3)17-13-30-21(23-17)24-18(27)12-26-15-9-5-4-8-14(15)19(28)25-11-7-6-10-16(25)20(26)29/h4-5,8-9,13,16H,6-7,10-12H2,1-3H3,(H,23,24,27). The third-order valence-corrected chi connectivity index (χ3v) is 6.32. The first-order valence-electron chi connectivity index (χ1n) is 10.2. The molecule has 2 aliphatic rings. The van der Waals surface area contributed by atoms with Gasteiger partial charge in [-0.3, -0.25) is 14.4 Å². The molecule has 0 saturated carbocycles. The maximum atomic E-state index is 13.4. The van der Waals surface area contributed by atoms with Crippen LogP contribution in [-0.4, -0.2) is 46.7 Å². The number of nitrogens with zero attached hydrogens (tertiary/aromatic N) is 3. The van der Waals surface area contributed by atoms with Crippen LogP contribution >= 0.6 is 11.3 Å². The SMILES string of the molecule is CC(C)(C)c1csc(NC(=O)CN2C(=O)C3CCCCN3C(=O)c3ccccc32)n1. The van der Waals surface area contributed by atoms with E-state index in [0.29, 0.717) is 29.3 Å². The summed E-state index contributed by atoms with van der Waals surface area (Å²) in [7, 11) is 0. The highest BCUT2D eigenvalue weighted by Crippen LogP contribution is 2.32. The van der Waals surface area contributed by atoms with Crippen molar-refractivity contribution in [3.8, 4) is 0 Å². The smallest absolute Gasteiger partial charge is 0.256 e. The molecule has 0 bridgehead atoms. The summed E-state index contributed by atoms with van der Waals surface area (Å²) in [4.78, 5) is 46.9. The van der Waals surface area contributed by atoms with E-state index < -0.39 is 6.04 Å². The third-order valence-electron chi connectivity index (χ3n) is 5.56. The Labute approximate surface area is 180 Å². The molecule has 4 rings (SSSR count). The van der Waals surface area contributed by atoms with Gasteiger partial charge < -0.3 is 15.1 Å². The van der Waals surface area contributed by atoms with Crippen molar-refractivity contribution in [1.82, 2.24) is 9.88 Å². The average Bonchev–Trinajstić information content (AvgIpc) is 3.17. The lowest BCUT2D eigenvalue weighted by molar-refractivity contribution is -0.125. The predicted octanol–water partition coefficient (Wildman–Crippen LogP) is 3.42. The first kappa shape index (κ1) is 20.5. The molecule has 1 N–H and O–H groups in total. The van der Waals surface area contributed by atoms with Crippen LogP contribution in [0.3, 0.4) is 0 Å². The molecule has 3 heterocycles. The molecule has 3 amide bonds. The molecule has 0 aliphatic carbocycles. The molecule has 30 heavy (non-hydrogen) atoms. The molecule has 1 fully saturated rings. The minimum absolute atomic E-state index is 0.107. The Morgan fingerprint density at radius 2 is 2.00 bits per heavy atom. The van der Waals surface area contributed by atoms with E-state index in [4.69, 9.17) is 0 Å². The Balaban J connectivity index is 1.59. The van der Waals surface area contributed by atoms with Gasteiger partial charge in [0.05, 0.1) is 16.9 Å². The zero-order valence-electron chi connectivity index (χ0n) is 17.5. The van der Waals surface area contributed by atoms with E-state index in [9.17, 15) is 14.4 Å². The number of nitrogens with one attached hydrogen (secondary N) is 1. The number of benzene rings is 1. The number of fused-ring (bicyclic) bond motifs is 2. The largest absolute Gasteiger partial charge is 0.327 e. The first-order valence-corrected chi connectivity index (χ1v) is 11.1. The third kappa shape index (κ3) is 3.84. The lowest BCUT2D eigenvalue weighted by Crippen LogP contribution is -2.52.